The fourth-order valence-electron chi connectivity index (χ4n) is 2.01. The van der Waals surface area contributed by atoms with Gasteiger partial charge in [-0.05, 0) is 41.4 Å². The molecule has 2 heterocycles. The predicted molar refractivity (Wildman–Crippen MR) is 94.0 cm³/mol. The van der Waals surface area contributed by atoms with E-state index in [1.165, 1.54) is 11.8 Å². The third-order valence-corrected chi connectivity index (χ3v) is 4.76. The first kappa shape index (κ1) is 15.0. The fraction of sp³-hybridized carbons (Fsp3) is 0.125. The average molecular weight is 329 g/mol. The molecule has 1 aromatic heterocycles. The van der Waals surface area contributed by atoms with Gasteiger partial charge in [-0.15, -0.1) is 11.3 Å². The molecule has 0 saturated carbocycles. The zero-order chi connectivity index (χ0) is 15.5. The van der Waals surface area contributed by atoms with Crippen molar-refractivity contribution in [3.05, 3.63) is 57.6 Å². The Bertz CT molecular complexity index is 721. The molecule has 22 heavy (non-hydrogen) atoms. The predicted octanol–water partition coefficient (Wildman–Crippen LogP) is 3.83. The summed E-state index contributed by atoms with van der Waals surface area (Å²) in [4.78, 5) is 18.9. The second-order valence-electron chi connectivity index (χ2n) is 4.82. The minimum absolute atomic E-state index is 0.0434. The van der Waals surface area contributed by atoms with Gasteiger partial charge in [-0.1, -0.05) is 24.3 Å². The lowest BCUT2D eigenvalue weighted by Crippen LogP contribution is -2.40. The summed E-state index contributed by atoms with van der Waals surface area (Å²) in [6.07, 6.45) is 1.92. The van der Waals surface area contributed by atoms with Crippen LogP contribution in [-0.4, -0.2) is 35.2 Å². The number of carbonyl (C=O) groups is 1. The van der Waals surface area contributed by atoms with Crippen molar-refractivity contribution in [2.24, 2.45) is 4.99 Å². The number of nitrogens with zero attached hydrogens (tertiary/aromatic N) is 3. The number of para-hydroxylation sites is 1. The highest BCUT2D eigenvalue weighted by Gasteiger charge is 2.35. The number of hydrazine groups is 1. The van der Waals surface area contributed by atoms with Gasteiger partial charge in [0.15, 0.2) is 5.17 Å². The molecule has 2 aromatic rings. The molecule has 1 aromatic carbocycles. The number of hydrogen-bond acceptors (Lipinski definition) is 5. The molecule has 1 amide bonds. The second kappa shape index (κ2) is 6.48. The van der Waals surface area contributed by atoms with Crippen LogP contribution in [0.15, 0.2) is 57.7 Å². The molecule has 112 valence electrons. The van der Waals surface area contributed by atoms with Crippen molar-refractivity contribution in [2.45, 2.75) is 0 Å². The Morgan fingerprint density at radius 2 is 1.91 bits per heavy atom. The van der Waals surface area contributed by atoms with Crippen molar-refractivity contribution in [1.82, 2.24) is 10.0 Å². The molecule has 0 unspecified atom stereocenters. The molecule has 1 fully saturated rings. The number of benzene rings is 1. The molecular weight excluding hydrogens is 314 g/mol. The van der Waals surface area contributed by atoms with Crippen molar-refractivity contribution in [3.8, 4) is 0 Å². The van der Waals surface area contributed by atoms with Gasteiger partial charge in [-0.3, -0.25) is 4.79 Å². The smallest absolute Gasteiger partial charge is 0.267 e. The molecular formula is C16H15N3OS2. The van der Waals surface area contributed by atoms with Crippen LogP contribution in [0.3, 0.4) is 0 Å². The van der Waals surface area contributed by atoms with Gasteiger partial charge in [0.05, 0.1) is 10.6 Å². The summed E-state index contributed by atoms with van der Waals surface area (Å²) < 4.78 is 0. The minimum Gasteiger partial charge on any atom is -0.267 e. The van der Waals surface area contributed by atoms with E-state index in [1.54, 1.807) is 21.4 Å². The monoisotopic (exact) mass is 329 g/mol. The standard InChI is InChI=1S/C16H15N3OS2/c1-18(2)19-15(20)14(11-13-9-6-10-21-13)22-16(19)17-12-7-4-3-5-8-12/h3-11H,1-2H3. The van der Waals surface area contributed by atoms with Crippen LogP contribution < -0.4 is 0 Å². The summed E-state index contributed by atoms with van der Waals surface area (Å²) >= 11 is 3.01. The summed E-state index contributed by atoms with van der Waals surface area (Å²) in [5, 5.41) is 6.02. The number of rotatable bonds is 3. The van der Waals surface area contributed by atoms with E-state index in [1.807, 2.05) is 68.0 Å². The highest BCUT2D eigenvalue weighted by atomic mass is 32.2. The number of amides is 1. The average Bonchev–Trinajstić information content (AvgIpc) is 3.09. The number of hydrogen-bond donors (Lipinski definition) is 0. The van der Waals surface area contributed by atoms with Crippen molar-refractivity contribution in [3.63, 3.8) is 0 Å². The van der Waals surface area contributed by atoms with Crippen LogP contribution in [0.4, 0.5) is 5.69 Å². The first-order valence-electron chi connectivity index (χ1n) is 6.73. The quantitative estimate of drug-likeness (QED) is 0.803. The van der Waals surface area contributed by atoms with E-state index in [9.17, 15) is 4.79 Å². The number of aliphatic imine (C=N–C) groups is 1. The van der Waals surface area contributed by atoms with Crippen LogP contribution in [0.25, 0.3) is 6.08 Å². The third-order valence-electron chi connectivity index (χ3n) is 2.98. The van der Waals surface area contributed by atoms with Crippen LogP contribution in [-0.2, 0) is 4.79 Å². The van der Waals surface area contributed by atoms with Gasteiger partial charge in [0.25, 0.3) is 5.91 Å². The maximum atomic E-state index is 12.6. The highest BCUT2D eigenvalue weighted by molar-refractivity contribution is 8.18. The van der Waals surface area contributed by atoms with Gasteiger partial charge >= 0.3 is 0 Å². The maximum absolute atomic E-state index is 12.6. The number of amidine groups is 1. The van der Waals surface area contributed by atoms with Gasteiger partial charge < -0.3 is 0 Å². The Morgan fingerprint density at radius 1 is 1.14 bits per heavy atom. The zero-order valence-electron chi connectivity index (χ0n) is 12.3. The Balaban J connectivity index is 1.96. The zero-order valence-corrected chi connectivity index (χ0v) is 13.9. The summed E-state index contributed by atoms with van der Waals surface area (Å²) in [5.74, 6) is -0.0434. The lowest BCUT2D eigenvalue weighted by Gasteiger charge is -2.22. The van der Waals surface area contributed by atoms with E-state index in [0.717, 1.165) is 10.6 Å². The number of thiophene rings is 1. The fourth-order valence-corrected chi connectivity index (χ4v) is 3.78. The molecule has 1 aliphatic heterocycles. The molecule has 6 heteroatoms. The van der Waals surface area contributed by atoms with Crippen molar-refractivity contribution < 1.29 is 4.79 Å². The van der Waals surface area contributed by atoms with Gasteiger partial charge in [-0.25, -0.2) is 15.0 Å². The first-order chi connectivity index (χ1) is 10.6. The molecule has 0 bridgehead atoms. The molecule has 0 spiro atoms. The van der Waals surface area contributed by atoms with Crippen LogP contribution in [0, 0.1) is 0 Å². The van der Waals surface area contributed by atoms with Crippen LogP contribution in [0.5, 0.6) is 0 Å². The van der Waals surface area contributed by atoms with E-state index in [2.05, 4.69) is 4.99 Å². The number of carbonyl (C=O) groups excluding carboxylic acids is 1. The topological polar surface area (TPSA) is 35.9 Å². The molecule has 1 saturated heterocycles. The van der Waals surface area contributed by atoms with Gasteiger partial charge in [0.2, 0.25) is 0 Å². The Morgan fingerprint density at radius 3 is 2.55 bits per heavy atom. The van der Waals surface area contributed by atoms with Crippen LogP contribution >= 0.6 is 23.1 Å². The van der Waals surface area contributed by atoms with E-state index in [4.69, 9.17) is 0 Å². The van der Waals surface area contributed by atoms with E-state index in [-0.39, 0.29) is 5.91 Å². The molecule has 3 rings (SSSR count). The van der Waals surface area contributed by atoms with Crippen LogP contribution in [0.1, 0.15) is 4.88 Å². The van der Waals surface area contributed by atoms with E-state index < -0.39 is 0 Å². The van der Waals surface area contributed by atoms with E-state index >= 15 is 0 Å². The molecule has 0 radical (unpaired) electrons. The van der Waals surface area contributed by atoms with Crippen LogP contribution in [0.2, 0.25) is 0 Å². The second-order valence-corrected chi connectivity index (χ2v) is 6.81. The minimum atomic E-state index is -0.0434. The molecule has 0 aliphatic carbocycles. The normalized spacial score (nSPS) is 18.9. The molecule has 4 nitrogen and oxygen atoms in total. The van der Waals surface area contributed by atoms with Crippen molar-refractivity contribution in [1.29, 1.82) is 0 Å². The first-order valence-corrected chi connectivity index (χ1v) is 8.43. The molecule has 1 aliphatic rings. The molecule has 0 N–H and O–H groups in total. The molecule has 0 atom stereocenters. The largest absolute Gasteiger partial charge is 0.281 e. The number of thioether (sulfide) groups is 1. The lowest BCUT2D eigenvalue weighted by molar-refractivity contribution is -0.130. The Labute approximate surface area is 137 Å². The SMILES string of the molecule is CN(C)N1C(=O)C(=Cc2cccs2)SC1=Nc1ccccc1. The van der Waals surface area contributed by atoms with Gasteiger partial charge in [0.1, 0.15) is 0 Å². The summed E-state index contributed by atoms with van der Waals surface area (Å²) in [6.45, 7) is 0. The lowest BCUT2D eigenvalue weighted by atomic mass is 10.3. The van der Waals surface area contributed by atoms with Crippen molar-refractivity contribution in [2.75, 3.05) is 14.1 Å². The summed E-state index contributed by atoms with van der Waals surface area (Å²) in [6, 6.07) is 13.6. The maximum Gasteiger partial charge on any atom is 0.281 e. The van der Waals surface area contributed by atoms with Gasteiger partial charge in [-0.2, -0.15) is 0 Å². The Hall–Kier alpha value is -1.89. The Kier molecular flexibility index (Phi) is 4.42. The van der Waals surface area contributed by atoms with Crippen molar-refractivity contribution >= 4 is 45.9 Å². The third kappa shape index (κ3) is 3.14. The van der Waals surface area contributed by atoms with Gasteiger partial charge in [0, 0.05) is 19.0 Å². The van der Waals surface area contributed by atoms with E-state index in [0.29, 0.717) is 10.1 Å². The summed E-state index contributed by atoms with van der Waals surface area (Å²) in [7, 11) is 3.68. The summed E-state index contributed by atoms with van der Waals surface area (Å²) in [5.41, 5.74) is 0.835. The highest BCUT2D eigenvalue weighted by Crippen LogP contribution is 2.35.